The van der Waals surface area contributed by atoms with Crippen LogP contribution in [0, 0.1) is 23.6 Å². The quantitative estimate of drug-likeness (QED) is 0.107. The molecule has 0 aromatic heterocycles. The Morgan fingerprint density at radius 3 is 2.16 bits per heavy atom. The maximum atomic E-state index is 14.4. The Hall–Kier alpha value is -4.18. The molecule has 5 N–H and O–H groups in total. The Balaban J connectivity index is 0.000000246. The van der Waals surface area contributed by atoms with Gasteiger partial charge in [0.05, 0.1) is 11.7 Å². The minimum Gasteiger partial charge on any atom is -0.405 e. The van der Waals surface area contributed by atoms with Gasteiger partial charge in [0.25, 0.3) is 5.91 Å². The monoisotopic (exact) mass is 788 g/mol. The van der Waals surface area contributed by atoms with Crippen LogP contribution in [-0.2, 0) is 24.6 Å². The highest BCUT2D eigenvalue weighted by molar-refractivity contribution is 6.43. The van der Waals surface area contributed by atoms with Crippen LogP contribution in [0.4, 0.5) is 36.4 Å². The predicted octanol–water partition coefficient (Wildman–Crippen LogP) is 5.75. The number of nitrogens with zero attached hydrogens (tertiary/aromatic N) is 2. The number of halogens is 7. The van der Waals surface area contributed by atoms with Crippen molar-refractivity contribution in [1.82, 2.24) is 15.5 Å². The van der Waals surface area contributed by atoms with Crippen molar-refractivity contribution < 1.29 is 49.9 Å². The zero-order valence-corrected chi connectivity index (χ0v) is 31.1. The average Bonchev–Trinajstić information content (AvgIpc) is 3.95. The number of likely N-dealkylation sites (tertiary alicyclic amines) is 1. The molecule has 3 saturated carbocycles. The lowest BCUT2D eigenvalue weighted by Gasteiger charge is -2.37. The molecule has 55 heavy (non-hydrogen) atoms. The topological polar surface area (TPSA) is 146 Å². The number of rotatable bonds is 14. The number of carbonyl (C=O) groups excluding carboxylic acids is 4. The van der Waals surface area contributed by atoms with Gasteiger partial charge >= 0.3 is 0 Å². The summed E-state index contributed by atoms with van der Waals surface area (Å²) in [6.45, 7) is 2.23. The summed E-state index contributed by atoms with van der Waals surface area (Å²) >= 11 is 0. The molecule has 5 rings (SSSR count). The van der Waals surface area contributed by atoms with Gasteiger partial charge in [0.2, 0.25) is 30.1 Å². The zero-order chi connectivity index (χ0) is 40.6. The molecule has 4 fully saturated rings. The third-order valence-electron chi connectivity index (χ3n) is 11.0. The number of aliphatic imine (C=N–C) groups is 1. The number of piperidine rings is 1. The van der Waals surface area contributed by atoms with Crippen molar-refractivity contribution >= 4 is 35.4 Å². The van der Waals surface area contributed by atoms with Crippen LogP contribution in [-0.4, -0.2) is 91.7 Å². The van der Waals surface area contributed by atoms with E-state index in [0.29, 0.717) is 36.8 Å². The molecule has 1 aliphatic heterocycles. The lowest BCUT2D eigenvalue weighted by atomic mass is 9.81. The van der Waals surface area contributed by atoms with Gasteiger partial charge < -0.3 is 31.4 Å². The molecule has 10 nitrogen and oxygen atoms in total. The van der Waals surface area contributed by atoms with Crippen molar-refractivity contribution in [2.75, 3.05) is 32.0 Å². The van der Waals surface area contributed by atoms with Crippen LogP contribution in [0.1, 0.15) is 83.1 Å². The fraction of sp³-hybridized carbons (Fsp3) is 0.658. The van der Waals surface area contributed by atoms with Gasteiger partial charge in [0.15, 0.2) is 0 Å². The summed E-state index contributed by atoms with van der Waals surface area (Å²) in [4.78, 5) is 54.6. The second kappa shape index (κ2) is 18.6. The summed E-state index contributed by atoms with van der Waals surface area (Å²) in [5.74, 6) is -8.88. The van der Waals surface area contributed by atoms with Crippen molar-refractivity contribution in [3.05, 3.63) is 41.9 Å². The first kappa shape index (κ1) is 43.5. The summed E-state index contributed by atoms with van der Waals surface area (Å²) < 4.78 is 93.0. The van der Waals surface area contributed by atoms with Gasteiger partial charge in [-0.3, -0.25) is 19.4 Å². The molecule has 1 aromatic carbocycles. The Morgan fingerprint density at radius 1 is 0.982 bits per heavy atom. The molecule has 3 atom stereocenters. The van der Waals surface area contributed by atoms with Crippen LogP contribution >= 0.6 is 0 Å². The molecule has 1 aromatic rings. The van der Waals surface area contributed by atoms with E-state index in [9.17, 15) is 49.9 Å². The summed E-state index contributed by atoms with van der Waals surface area (Å²) in [6.07, 6.45) is 1.77. The van der Waals surface area contributed by atoms with E-state index < -0.39 is 65.8 Å². The van der Waals surface area contributed by atoms with Crippen molar-refractivity contribution in [1.29, 1.82) is 0 Å². The summed E-state index contributed by atoms with van der Waals surface area (Å²) in [5, 5.41) is 8.01. The number of aldehydes is 1. The van der Waals surface area contributed by atoms with Gasteiger partial charge in [-0.25, -0.2) is 30.7 Å². The minimum atomic E-state index is -2.85. The number of hydrogen-bond acceptors (Lipinski definition) is 7. The van der Waals surface area contributed by atoms with Crippen molar-refractivity contribution in [2.45, 2.75) is 113 Å². The molecule has 1 saturated heterocycles. The van der Waals surface area contributed by atoms with Gasteiger partial charge in [-0.15, -0.1) is 0 Å². The van der Waals surface area contributed by atoms with Crippen molar-refractivity contribution in [3.63, 3.8) is 0 Å². The molecule has 0 radical (unpaired) electrons. The first-order valence-corrected chi connectivity index (χ1v) is 18.8. The molecule has 1 heterocycles. The van der Waals surface area contributed by atoms with E-state index in [1.165, 1.54) is 12.1 Å². The Morgan fingerprint density at radius 2 is 1.65 bits per heavy atom. The summed E-state index contributed by atoms with van der Waals surface area (Å²) in [6, 6.07) is 2.95. The van der Waals surface area contributed by atoms with Crippen LogP contribution in [0.2, 0.25) is 0 Å². The number of carbonyl (C=O) groups is 4. The second-order valence-electron chi connectivity index (χ2n) is 15.0. The van der Waals surface area contributed by atoms with Gasteiger partial charge in [-0.05, 0) is 80.3 Å². The van der Waals surface area contributed by atoms with Gasteiger partial charge in [-0.2, -0.15) is 0 Å². The van der Waals surface area contributed by atoms with E-state index >= 15 is 0 Å². The lowest BCUT2D eigenvalue weighted by molar-refractivity contribution is -0.139. The third-order valence-corrected chi connectivity index (χ3v) is 11.0. The first-order chi connectivity index (χ1) is 26.0. The van der Waals surface area contributed by atoms with Crippen molar-refractivity contribution in [3.8, 4) is 0 Å². The minimum absolute atomic E-state index is 0.0376. The van der Waals surface area contributed by atoms with E-state index in [2.05, 4.69) is 20.9 Å². The number of nitrogens with one attached hydrogen (secondary N) is 3. The third kappa shape index (κ3) is 11.4. The average molecular weight is 789 g/mol. The van der Waals surface area contributed by atoms with E-state index in [1.807, 2.05) is 0 Å². The van der Waals surface area contributed by atoms with Crippen LogP contribution in [0.3, 0.4) is 0 Å². The van der Waals surface area contributed by atoms with Crippen molar-refractivity contribution in [2.24, 2.45) is 28.5 Å². The second-order valence-corrected chi connectivity index (χ2v) is 15.0. The largest absolute Gasteiger partial charge is 0.405 e. The normalized spacial score (nSPS) is 23.1. The Kier molecular flexibility index (Phi) is 14.8. The Bertz CT molecular complexity index is 1570. The molecule has 3 aliphatic carbocycles. The molecule has 3 amide bonds. The number of benzene rings is 1. The SMILES string of the molecule is CCC(=O)NC(C(=O)N1CCC(C(F)F)CC1)C1(c2ccc(NC)c(F)c2)CC1.N/C=C\C(=NCC1CC(F)(F)C1)C(=O)NC(C=O)C1CCCC(F)(F)C1. The molecular weight excluding hydrogens is 737 g/mol. The fourth-order valence-corrected chi connectivity index (χ4v) is 7.60. The van der Waals surface area contributed by atoms with Gasteiger partial charge in [-0.1, -0.05) is 13.0 Å². The maximum Gasteiger partial charge on any atom is 0.270 e. The standard InChI is InChI=1S/C21H28F3N3O2.C17H23F4N3O2/c1-3-17(28)26-18(20(29)27-10-6-13(7-11-27)19(23)24)21(8-9-21)14-4-5-16(25-2)15(22)12-14;18-16(19)4-1-2-12(8-16)14(10-25)24-15(26)13(3-5-22)23-9-11-6-17(20,21)7-11/h4-5,12-13,18-19,25H,3,6-11H2,1-2H3,(H,26,28);3,5,10-12,14H,1-2,4,6-9,22H2,(H,24,26)/b;5-3-,23-13?. The van der Waals surface area contributed by atoms with Crippen LogP contribution < -0.4 is 21.7 Å². The van der Waals surface area contributed by atoms with Crippen LogP contribution in [0.15, 0.2) is 35.5 Å². The van der Waals surface area contributed by atoms with Crippen LogP contribution in [0.25, 0.3) is 0 Å². The summed E-state index contributed by atoms with van der Waals surface area (Å²) in [7, 11) is 1.63. The molecule has 4 aliphatic rings. The lowest BCUT2D eigenvalue weighted by Crippen LogP contribution is -2.56. The number of hydrogen-bond donors (Lipinski definition) is 4. The van der Waals surface area contributed by atoms with E-state index in [4.69, 9.17) is 5.73 Å². The van der Waals surface area contributed by atoms with E-state index in [1.54, 1.807) is 31.0 Å². The molecule has 3 unspecified atom stereocenters. The number of amides is 3. The van der Waals surface area contributed by atoms with Gasteiger partial charge in [0, 0.05) is 70.1 Å². The molecule has 306 valence electrons. The molecular formula is C38H51F7N6O4. The Labute approximate surface area is 316 Å². The van der Waals surface area contributed by atoms with Gasteiger partial charge in [0.1, 0.15) is 23.9 Å². The number of nitrogens with two attached hydrogens (primary N) is 1. The highest BCUT2D eigenvalue weighted by Crippen LogP contribution is 2.52. The van der Waals surface area contributed by atoms with E-state index in [-0.39, 0.29) is 88.0 Å². The maximum absolute atomic E-state index is 14.4. The fourth-order valence-electron chi connectivity index (χ4n) is 7.60. The smallest absolute Gasteiger partial charge is 0.270 e. The predicted molar refractivity (Wildman–Crippen MR) is 193 cm³/mol. The number of anilines is 1. The highest BCUT2D eigenvalue weighted by Gasteiger charge is 2.55. The first-order valence-electron chi connectivity index (χ1n) is 18.8. The molecule has 17 heteroatoms. The zero-order valence-electron chi connectivity index (χ0n) is 31.1. The highest BCUT2D eigenvalue weighted by atomic mass is 19.3. The van der Waals surface area contributed by atoms with E-state index in [0.717, 1.165) is 6.20 Å². The molecule has 0 bridgehead atoms. The number of alkyl halides is 6. The van der Waals surface area contributed by atoms with Crippen LogP contribution in [0.5, 0.6) is 0 Å². The summed E-state index contributed by atoms with van der Waals surface area (Å²) in [5.41, 5.74) is 5.54. The molecule has 0 spiro atoms.